The van der Waals surface area contributed by atoms with Gasteiger partial charge >= 0.3 is 0 Å². The highest BCUT2D eigenvalue weighted by Gasteiger charge is 2.12. The quantitative estimate of drug-likeness (QED) is 0.838. The van der Waals surface area contributed by atoms with E-state index in [1.807, 2.05) is 0 Å². The lowest BCUT2D eigenvalue weighted by atomic mass is 10.0. The maximum atomic E-state index is 3.64. The number of hydrogen-bond acceptors (Lipinski definition) is 2. The molecule has 0 bridgehead atoms. The minimum atomic E-state index is 0.769. The van der Waals surface area contributed by atoms with E-state index in [0.29, 0.717) is 0 Å². The maximum absolute atomic E-state index is 3.64. The number of rotatable bonds is 6. The van der Waals surface area contributed by atoms with E-state index >= 15 is 0 Å². The topological polar surface area (TPSA) is 15.3 Å². The summed E-state index contributed by atoms with van der Waals surface area (Å²) in [6.45, 7) is 7.90. The fourth-order valence-electron chi connectivity index (χ4n) is 2.92. The van der Waals surface area contributed by atoms with Crippen LogP contribution in [0.25, 0.3) is 0 Å². The summed E-state index contributed by atoms with van der Waals surface area (Å²) >= 11 is 0. The Morgan fingerprint density at radius 2 is 2.00 bits per heavy atom. The van der Waals surface area contributed by atoms with Gasteiger partial charge in [-0.1, -0.05) is 24.1 Å². The van der Waals surface area contributed by atoms with Gasteiger partial charge in [-0.15, -0.1) is 0 Å². The Morgan fingerprint density at radius 1 is 1.21 bits per heavy atom. The molecule has 0 spiro atoms. The summed E-state index contributed by atoms with van der Waals surface area (Å²) in [5, 5.41) is 3.64. The number of aryl methyl sites for hydroxylation is 1. The molecule has 1 aliphatic rings. The lowest BCUT2D eigenvalue weighted by molar-refractivity contribution is 0.376. The fourth-order valence-corrected chi connectivity index (χ4v) is 2.92. The Hall–Kier alpha value is -1.02. The highest BCUT2D eigenvalue weighted by Crippen LogP contribution is 2.17. The van der Waals surface area contributed by atoms with Gasteiger partial charge in [-0.2, -0.15) is 0 Å². The lowest BCUT2D eigenvalue weighted by Gasteiger charge is -2.26. The van der Waals surface area contributed by atoms with Gasteiger partial charge in [-0.25, -0.2) is 0 Å². The zero-order chi connectivity index (χ0) is 13.5. The molecule has 1 aromatic carbocycles. The van der Waals surface area contributed by atoms with Gasteiger partial charge in [0.25, 0.3) is 0 Å². The number of piperidine rings is 1. The molecule has 2 nitrogen and oxygen atoms in total. The van der Waals surface area contributed by atoms with Crippen LogP contribution < -0.4 is 10.2 Å². The molecule has 106 valence electrons. The molecule has 1 aromatic rings. The van der Waals surface area contributed by atoms with Crippen LogP contribution in [0.4, 0.5) is 5.69 Å². The summed E-state index contributed by atoms with van der Waals surface area (Å²) in [6, 6.07) is 9.68. The van der Waals surface area contributed by atoms with Crippen molar-refractivity contribution in [2.45, 2.75) is 52.0 Å². The van der Waals surface area contributed by atoms with Gasteiger partial charge in [0, 0.05) is 24.8 Å². The molecule has 0 amide bonds. The summed E-state index contributed by atoms with van der Waals surface area (Å²) in [5.41, 5.74) is 2.70. The second-order valence-corrected chi connectivity index (χ2v) is 5.70. The summed E-state index contributed by atoms with van der Waals surface area (Å²) in [4.78, 5) is 2.49. The SMILES string of the molecule is CCN(CCCC1CCCCN1)c1ccc(C)cc1. The molecule has 2 heteroatoms. The molecule has 1 fully saturated rings. The predicted octanol–water partition coefficient (Wildman–Crippen LogP) is 3.74. The molecule has 1 saturated heterocycles. The average Bonchev–Trinajstić information content (AvgIpc) is 2.46. The molecule has 1 atom stereocenters. The van der Waals surface area contributed by atoms with E-state index in [9.17, 15) is 0 Å². The van der Waals surface area contributed by atoms with Crippen molar-refractivity contribution < 1.29 is 0 Å². The molecule has 0 aliphatic carbocycles. The summed E-state index contributed by atoms with van der Waals surface area (Å²) < 4.78 is 0. The van der Waals surface area contributed by atoms with Crippen molar-refractivity contribution in [3.8, 4) is 0 Å². The highest BCUT2D eigenvalue weighted by molar-refractivity contribution is 5.47. The van der Waals surface area contributed by atoms with E-state index in [1.54, 1.807) is 0 Å². The Bertz CT molecular complexity index is 352. The second kappa shape index (κ2) is 7.54. The van der Waals surface area contributed by atoms with Crippen LogP contribution >= 0.6 is 0 Å². The monoisotopic (exact) mass is 260 g/mol. The summed E-state index contributed by atoms with van der Waals surface area (Å²) in [7, 11) is 0. The molecule has 0 radical (unpaired) electrons. The Balaban J connectivity index is 1.77. The van der Waals surface area contributed by atoms with Crippen LogP contribution in [-0.2, 0) is 0 Å². The van der Waals surface area contributed by atoms with E-state index < -0.39 is 0 Å². The van der Waals surface area contributed by atoms with Crippen molar-refractivity contribution in [1.29, 1.82) is 0 Å². The van der Waals surface area contributed by atoms with Crippen LogP contribution in [0.15, 0.2) is 24.3 Å². The smallest absolute Gasteiger partial charge is 0.0366 e. The number of nitrogens with zero attached hydrogens (tertiary/aromatic N) is 1. The average molecular weight is 260 g/mol. The van der Waals surface area contributed by atoms with E-state index in [-0.39, 0.29) is 0 Å². The standard InChI is InChI=1S/C17H28N2/c1-3-19(17-11-9-15(2)10-12-17)14-6-8-16-7-4-5-13-18-16/h9-12,16,18H,3-8,13-14H2,1-2H3. The third-order valence-electron chi connectivity index (χ3n) is 4.17. The fraction of sp³-hybridized carbons (Fsp3) is 0.647. The summed E-state index contributed by atoms with van der Waals surface area (Å²) in [6.07, 6.45) is 6.76. The maximum Gasteiger partial charge on any atom is 0.0366 e. The van der Waals surface area contributed by atoms with Gasteiger partial charge in [0.05, 0.1) is 0 Å². The van der Waals surface area contributed by atoms with Crippen molar-refractivity contribution in [2.24, 2.45) is 0 Å². The van der Waals surface area contributed by atoms with Gasteiger partial charge in [0.15, 0.2) is 0 Å². The van der Waals surface area contributed by atoms with E-state index in [1.165, 1.54) is 56.4 Å². The largest absolute Gasteiger partial charge is 0.372 e. The lowest BCUT2D eigenvalue weighted by Crippen LogP contribution is -2.35. The van der Waals surface area contributed by atoms with Crippen LogP contribution in [0.2, 0.25) is 0 Å². The van der Waals surface area contributed by atoms with Crippen LogP contribution in [0, 0.1) is 6.92 Å². The molecule has 2 rings (SSSR count). The third-order valence-corrected chi connectivity index (χ3v) is 4.17. The van der Waals surface area contributed by atoms with Crippen LogP contribution in [0.5, 0.6) is 0 Å². The molecule has 1 N–H and O–H groups in total. The number of benzene rings is 1. The molecule has 1 heterocycles. The van der Waals surface area contributed by atoms with Gasteiger partial charge in [-0.05, 0) is 58.2 Å². The molecule has 1 unspecified atom stereocenters. The summed E-state index contributed by atoms with van der Waals surface area (Å²) in [5.74, 6) is 0. The Labute approximate surface area is 118 Å². The minimum absolute atomic E-state index is 0.769. The van der Waals surface area contributed by atoms with Crippen LogP contribution in [0.3, 0.4) is 0 Å². The van der Waals surface area contributed by atoms with E-state index in [2.05, 4.69) is 48.3 Å². The van der Waals surface area contributed by atoms with Crippen molar-refractivity contribution in [2.75, 3.05) is 24.5 Å². The molecular formula is C17H28N2. The first-order valence-corrected chi connectivity index (χ1v) is 7.84. The minimum Gasteiger partial charge on any atom is -0.372 e. The Kier molecular flexibility index (Phi) is 5.71. The first-order chi connectivity index (χ1) is 9.29. The van der Waals surface area contributed by atoms with E-state index in [0.717, 1.165) is 12.6 Å². The van der Waals surface area contributed by atoms with Gasteiger partial charge in [0.1, 0.15) is 0 Å². The Morgan fingerprint density at radius 3 is 2.63 bits per heavy atom. The van der Waals surface area contributed by atoms with E-state index in [4.69, 9.17) is 0 Å². The number of hydrogen-bond donors (Lipinski definition) is 1. The third kappa shape index (κ3) is 4.54. The zero-order valence-electron chi connectivity index (χ0n) is 12.5. The molecule has 1 aliphatic heterocycles. The normalized spacial score (nSPS) is 19.4. The van der Waals surface area contributed by atoms with Crippen molar-refractivity contribution in [3.05, 3.63) is 29.8 Å². The molecule has 0 aromatic heterocycles. The molecule has 0 saturated carbocycles. The zero-order valence-corrected chi connectivity index (χ0v) is 12.5. The van der Waals surface area contributed by atoms with Crippen molar-refractivity contribution in [1.82, 2.24) is 5.32 Å². The van der Waals surface area contributed by atoms with Gasteiger partial charge in [0.2, 0.25) is 0 Å². The number of anilines is 1. The van der Waals surface area contributed by atoms with Crippen molar-refractivity contribution in [3.63, 3.8) is 0 Å². The second-order valence-electron chi connectivity index (χ2n) is 5.70. The number of nitrogens with one attached hydrogen (secondary N) is 1. The van der Waals surface area contributed by atoms with Crippen LogP contribution in [0.1, 0.15) is 44.6 Å². The van der Waals surface area contributed by atoms with Crippen LogP contribution in [-0.4, -0.2) is 25.7 Å². The van der Waals surface area contributed by atoms with Crippen molar-refractivity contribution >= 4 is 5.69 Å². The first kappa shape index (κ1) is 14.4. The van der Waals surface area contributed by atoms with Gasteiger partial charge in [-0.3, -0.25) is 0 Å². The predicted molar refractivity (Wildman–Crippen MR) is 83.9 cm³/mol. The van der Waals surface area contributed by atoms with Gasteiger partial charge < -0.3 is 10.2 Å². The molecular weight excluding hydrogens is 232 g/mol. The highest BCUT2D eigenvalue weighted by atomic mass is 15.1. The first-order valence-electron chi connectivity index (χ1n) is 7.84. The molecule has 19 heavy (non-hydrogen) atoms.